The third-order valence-corrected chi connectivity index (χ3v) is 3.65. The molecule has 2 aromatic rings. The Hall–Kier alpha value is -0.770. The quantitative estimate of drug-likeness (QED) is 0.755. The Kier molecular flexibility index (Phi) is 4.71. The van der Waals surface area contributed by atoms with E-state index in [2.05, 4.69) is 16.5 Å². The maximum atomic E-state index is 6.25. The van der Waals surface area contributed by atoms with Gasteiger partial charge in [0.05, 0.1) is 16.4 Å². The molecule has 2 unspecified atom stereocenters. The van der Waals surface area contributed by atoms with Gasteiger partial charge in [0.2, 0.25) is 0 Å². The molecule has 0 saturated heterocycles. The van der Waals surface area contributed by atoms with Gasteiger partial charge in [0.25, 0.3) is 0 Å². The maximum Gasteiger partial charge on any atom is 0.127 e. The van der Waals surface area contributed by atoms with Gasteiger partial charge in [-0.25, -0.2) is 4.98 Å². The van der Waals surface area contributed by atoms with Crippen molar-refractivity contribution >= 4 is 34.2 Å². The largest absolute Gasteiger partial charge is 0.385 e. The molecule has 0 N–H and O–H groups in total. The summed E-state index contributed by atoms with van der Waals surface area (Å²) in [5.41, 5.74) is 1.95. The highest BCUT2D eigenvalue weighted by molar-refractivity contribution is 6.31. The molecule has 104 valence electrons. The summed E-state index contributed by atoms with van der Waals surface area (Å²) < 4.78 is 7.34. The first-order valence-corrected chi connectivity index (χ1v) is 7.16. The minimum absolute atomic E-state index is 0.142. The third-order valence-electron chi connectivity index (χ3n) is 3.22. The molecule has 1 aromatic heterocycles. The SMILES string of the molecule is COCCC(C)n1c(C(C)Cl)nc2cc(Cl)ccc21. The van der Waals surface area contributed by atoms with Gasteiger partial charge in [-0.05, 0) is 38.5 Å². The summed E-state index contributed by atoms with van der Waals surface area (Å²) >= 11 is 12.3. The molecule has 3 nitrogen and oxygen atoms in total. The number of ether oxygens (including phenoxy) is 1. The van der Waals surface area contributed by atoms with Crippen LogP contribution in [0.15, 0.2) is 18.2 Å². The second-order valence-electron chi connectivity index (χ2n) is 4.72. The number of hydrogen-bond donors (Lipinski definition) is 0. The number of alkyl halides is 1. The Morgan fingerprint density at radius 3 is 2.74 bits per heavy atom. The van der Waals surface area contributed by atoms with E-state index in [4.69, 9.17) is 27.9 Å². The lowest BCUT2D eigenvalue weighted by Gasteiger charge is -2.18. The van der Waals surface area contributed by atoms with Gasteiger partial charge in [0.15, 0.2) is 0 Å². The highest BCUT2D eigenvalue weighted by atomic mass is 35.5. The Balaban J connectivity index is 2.51. The highest BCUT2D eigenvalue weighted by Gasteiger charge is 2.19. The normalized spacial score (nSPS) is 14.8. The van der Waals surface area contributed by atoms with Crippen molar-refractivity contribution in [3.8, 4) is 0 Å². The van der Waals surface area contributed by atoms with Crippen LogP contribution in [0.25, 0.3) is 11.0 Å². The van der Waals surface area contributed by atoms with E-state index in [1.807, 2.05) is 25.1 Å². The van der Waals surface area contributed by atoms with Crippen LogP contribution >= 0.6 is 23.2 Å². The fourth-order valence-corrected chi connectivity index (χ4v) is 2.57. The van der Waals surface area contributed by atoms with Crippen LogP contribution in [0.5, 0.6) is 0 Å². The summed E-state index contributed by atoms with van der Waals surface area (Å²) in [6.07, 6.45) is 0.918. The number of hydrogen-bond acceptors (Lipinski definition) is 2. The molecule has 0 radical (unpaired) electrons. The molecule has 0 aliphatic heterocycles. The lowest BCUT2D eigenvalue weighted by Crippen LogP contribution is -2.11. The summed E-state index contributed by atoms with van der Waals surface area (Å²) in [5, 5.41) is 0.548. The molecule has 2 rings (SSSR count). The molecule has 0 fully saturated rings. The molecule has 0 spiro atoms. The van der Waals surface area contributed by atoms with Gasteiger partial charge in [0.1, 0.15) is 5.82 Å². The monoisotopic (exact) mass is 300 g/mol. The number of halogens is 2. The minimum Gasteiger partial charge on any atom is -0.385 e. The zero-order chi connectivity index (χ0) is 14.0. The maximum absolute atomic E-state index is 6.25. The van der Waals surface area contributed by atoms with Crippen LogP contribution in [0.2, 0.25) is 5.02 Å². The van der Waals surface area contributed by atoms with Gasteiger partial charge in [-0.3, -0.25) is 0 Å². The zero-order valence-corrected chi connectivity index (χ0v) is 12.9. The van der Waals surface area contributed by atoms with Crippen molar-refractivity contribution in [1.29, 1.82) is 0 Å². The molecule has 19 heavy (non-hydrogen) atoms. The molecule has 0 saturated carbocycles. The lowest BCUT2D eigenvalue weighted by molar-refractivity contribution is 0.181. The molecule has 5 heteroatoms. The summed E-state index contributed by atoms with van der Waals surface area (Å²) in [6, 6.07) is 6.03. The van der Waals surface area contributed by atoms with Crippen molar-refractivity contribution < 1.29 is 4.74 Å². The van der Waals surface area contributed by atoms with Crippen LogP contribution in [0.3, 0.4) is 0 Å². The van der Waals surface area contributed by atoms with Crippen LogP contribution in [0.1, 0.15) is 37.5 Å². The molecule has 0 bridgehead atoms. The number of fused-ring (bicyclic) bond motifs is 1. The third kappa shape index (κ3) is 3.04. The number of benzene rings is 1. The summed E-state index contributed by atoms with van der Waals surface area (Å²) in [7, 11) is 1.71. The van der Waals surface area contributed by atoms with Crippen molar-refractivity contribution in [3.05, 3.63) is 29.0 Å². The van der Waals surface area contributed by atoms with Gasteiger partial charge in [0, 0.05) is 24.8 Å². The average molecular weight is 301 g/mol. The van der Waals surface area contributed by atoms with E-state index in [0.29, 0.717) is 11.6 Å². The molecule has 0 aliphatic rings. The second kappa shape index (κ2) is 6.12. The predicted octanol–water partition coefficient (Wildman–Crippen LogP) is 4.59. The first-order valence-electron chi connectivity index (χ1n) is 6.35. The van der Waals surface area contributed by atoms with Crippen molar-refractivity contribution in [2.75, 3.05) is 13.7 Å². The molecular weight excluding hydrogens is 283 g/mol. The fourth-order valence-electron chi connectivity index (χ4n) is 2.25. The van der Waals surface area contributed by atoms with Crippen LogP contribution in [0, 0.1) is 0 Å². The van der Waals surface area contributed by atoms with Gasteiger partial charge < -0.3 is 9.30 Å². The van der Waals surface area contributed by atoms with Crippen LogP contribution in [-0.4, -0.2) is 23.3 Å². The lowest BCUT2D eigenvalue weighted by atomic mass is 10.2. The zero-order valence-electron chi connectivity index (χ0n) is 11.4. The van der Waals surface area contributed by atoms with E-state index in [1.54, 1.807) is 7.11 Å². The predicted molar refractivity (Wildman–Crippen MR) is 80.2 cm³/mol. The Bertz CT molecular complexity index is 566. The summed E-state index contributed by atoms with van der Waals surface area (Å²) in [4.78, 5) is 4.61. The van der Waals surface area contributed by atoms with Crippen molar-refractivity contribution in [2.24, 2.45) is 0 Å². The van der Waals surface area contributed by atoms with E-state index in [1.165, 1.54) is 0 Å². The molecule has 0 aliphatic carbocycles. The van der Waals surface area contributed by atoms with E-state index in [-0.39, 0.29) is 11.4 Å². The summed E-state index contributed by atoms with van der Waals surface area (Å²) in [6.45, 7) is 4.80. The molecule has 0 amide bonds. The number of nitrogens with zero attached hydrogens (tertiary/aromatic N) is 2. The van der Waals surface area contributed by atoms with Gasteiger partial charge in [-0.15, -0.1) is 11.6 Å². The second-order valence-corrected chi connectivity index (χ2v) is 5.81. The van der Waals surface area contributed by atoms with E-state index < -0.39 is 0 Å². The molecule has 1 heterocycles. The number of rotatable bonds is 5. The first kappa shape index (κ1) is 14.6. The number of imidazole rings is 1. The van der Waals surface area contributed by atoms with Crippen molar-refractivity contribution in [1.82, 2.24) is 9.55 Å². The van der Waals surface area contributed by atoms with Gasteiger partial charge >= 0.3 is 0 Å². The van der Waals surface area contributed by atoms with E-state index in [0.717, 1.165) is 23.3 Å². The first-order chi connectivity index (χ1) is 9.04. The Morgan fingerprint density at radius 2 is 2.11 bits per heavy atom. The Labute approximate surface area is 123 Å². The average Bonchev–Trinajstić information content (AvgIpc) is 2.74. The van der Waals surface area contributed by atoms with E-state index in [9.17, 15) is 0 Å². The highest BCUT2D eigenvalue weighted by Crippen LogP contribution is 2.30. The number of aromatic nitrogens is 2. The van der Waals surface area contributed by atoms with Crippen molar-refractivity contribution in [2.45, 2.75) is 31.7 Å². The fraction of sp³-hybridized carbons (Fsp3) is 0.500. The number of methoxy groups -OCH3 is 1. The topological polar surface area (TPSA) is 27.1 Å². The van der Waals surface area contributed by atoms with E-state index >= 15 is 0 Å². The van der Waals surface area contributed by atoms with Gasteiger partial charge in [-0.1, -0.05) is 11.6 Å². The van der Waals surface area contributed by atoms with Crippen LogP contribution in [-0.2, 0) is 4.74 Å². The smallest absolute Gasteiger partial charge is 0.127 e. The molecule has 2 atom stereocenters. The molecule has 1 aromatic carbocycles. The molecular formula is C14H18Cl2N2O. The Morgan fingerprint density at radius 1 is 1.37 bits per heavy atom. The summed E-state index contributed by atoms with van der Waals surface area (Å²) in [5.74, 6) is 0.877. The standard InChI is InChI=1S/C14H18Cl2N2O/c1-9(6-7-19-3)18-13-5-4-11(16)8-12(13)17-14(18)10(2)15/h4-5,8-10H,6-7H2,1-3H3. The van der Waals surface area contributed by atoms with Crippen molar-refractivity contribution in [3.63, 3.8) is 0 Å². The van der Waals surface area contributed by atoms with Crippen LogP contribution < -0.4 is 0 Å². The van der Waals surface area contributed by atoms with Gasteiger partial charge in [-0.2, -0.15) is 0 Å². The minimum atomic E-state index is -0.142. The van der Waals surface area contributed by atoms with Crippen LogP contribution in [0.4, 0.5) is 0 Å².